The molecule has 0 radical (unpaired) electrons. The van der Waals surface area contributed by atoms with Crippen molar-refractivity contribution in [2.45, 2.75) is 6.54 Å². The molecular weight excluding hydrogens is 158 g/mol. The smallest absolute Gasteiger partial charge is 0.241 e. The second kappa shape index (κ2) is 3.66. The normalized spacial score (nSPS) is 9.42. The van der Waals surface area contributed by atoms with E-state index in [0.29, 0.717) is 12.0 Å². The van der Waals surface area contributed by atoms with Crippen molar-refractivity contribution < 1.29 is 9.59 Å². The lowest BCUT2D eigenvalue weighted by Crippen LogP contribution is -2.23. The number of carbonyl (C=O) groups is 2. The molecule has 0 bridgehead atoms. The van der Waals surface area contributed by atoms with E-state index in [9.17, 15) is 9.59 Å². The van der Waals surface area contributed by atoms with E-state index < -0.39 is 0 Å². The summed E-state index contributed by atoms with van der Waals surface area (Å²) in [6, 6.07) is 1.55. The zero-order chi connectivity index (χ0) is 8.97. The third kappa shape index (κ3) is 1.91. The molecule has 0 aliphatic heterocycles. The van der Waals surface area contributed by atoms with Gasteiger partial charge >= 0.3 is 0 Å². The highest BCUT2D eigenvalue weighted by Gasteiger charge is 2.01. The van der Waals surface area contributed by atoms with Crippen LogP contribution in [0.1, 0.15) is 10.5 Å². The number of likely N-dealkylation sites (N-methyl/N-ethyl adjacent to an activating group) is 1. The molecule has 1 aromatic rings. The van der Waals surface area contributed by atoms with Crippen LogP contribution in [0, 0.1) is 0 Å². The predicted octanol–water partition coefficient (Wildman–Crippen LogP) is -0.558. The molecule has 0 saturated heterocycles. The Hall–Kier alpha value is -1.65. The molecular formula is C7H9N3O2. The molecule has 1 rings (SSSR count). The Morgan fingerprint density at radius 2 is 2.58 bits per heavy atom. The van der Waals surface area contributed by atoms with Gasteiger partial charge in [0.25, 0.3) is 0 Å². The summed E-state index contributed by atoms with van der Waals surface area (Å²) < 4.78 is 1.41. The summed E-state index contributed by atoms with van der Waals surface area (Å²) in [5.74, 6) is -0.143. The van der Waals surface area contributed by atoms with Gasteiger partial charge in [0, 0.05) is 13.2 Å². The highest BCUT2D eigenvalue weighted by molar-refractivity contribution is 5.75. The van der Waals surface area contributed by atoms with Crippen molar-refractivity contribution in [2.75, 3.05) is 7.05 Å². The number of amides is 1. The molecule has 0 fully saturated rings. The first-order chi connectivity index (χ1) is 5.76. The van der Waals surface area contributed by atoms with Gasteiger partial charge in [-0.05, 0) is 6.07 Å². The third-order valence-electron chi connectivity index (χ3n) is 1.37. The van der Waals surface area contributed by atoms with E-state index in [0.717, 1.165) is 0 Å². The fourth-order valence-corrected chi connectivity index (χ4v) is 0.754. The standard InChI is InChI=1S/C7H9N3O2/c1-8-7(12)4-10-3-2-6(5-11)9-10/h2-3,5H,4H2,1H3,(H,8,12). The molecule has 0 saturated carbocycles. The number of carbonyl (C=O) groups excluding carboxylic acids is 2. The quantitative estimate of drug-likeness (QED) is 0.614. The topological polar surface area (TPSA) is 64.0 Å². The minimum Gasteiger partial charge on any atom is -0.358 e. The Morgan fingerprint density at radius 3 is 3.08 bits per heavy atom. The summed E-state index contributed by atoms with van der Waals surface area (Å²) in [5, 5.41) is 6.26. The average Bonchev–Trinajstić information content (AvgIpc) is 2.52. The summed E-state index contributed by atoms with van der Waals surface area (Å²) in [6.45, 7) is 0.143. The molecule has 0 aliphatic rings. The van der Waals surface area contributed by atoms with Crippen LogP contribution in [0.5, 0.6) is 0 Å². The van der Waals surface area contributed by atoms with E-state index >= 15 is 0 Å². The second-order valence-corrected chi connectivity index (χ2v) is 2.23. The van der Waals surface area contributed by atoms with E-state index in [2.05, 4.69) is 10.4 Å². The highest BCUT2D eigenvalue weighted by atomic mass is 16.2. The van der Waals surface area contributed by atoms with Crippen molar-refractivity contribution in [3.8, 4) is 0 Å². The number of hydrogen-bond donors (Lipinski definition) is 1. The SMILES string of the molecule is CNC(=O)Cn1ccc(C=O)n1. The molecule has 64 valence electrons. The van der Waals surface area contributed by atoms with E-state index in [-0.39, 0.29) is 12.5 Å². The van der Waals surface area contributed by atoms with Crippen LogP contribution in [-0.2, 0) is 11.3 Å². The van der Waals surface area contributed by atoms with Gasteiger partial charge in [-0.25, -0.2) is 0 Å². The molecule has 1 amide bonds. The number of aromatic nitrogens is 2. The van der Waals surface area contributed by atoms with Crippen LogP contribution in [0.25, 0.3) is 0 Å². The largest absolute Gasteiger partial charge is 0.358 e. The van der Waals surface area contributed by atoms with Crippen LogP contribution in [0.3, 0.4) is 0 Å². The van der Waals surface area contributed by atoms with Crippen LogP contribution >= 0.6 is 0 Å². The molecule has 5 heteroatoms. The third-order valence-corrected chi connectivity index (χ3v) is 1.37. The highest BCUT2D eigenvalue weighted by Crippen LogP contribution is 1.90. The van der Waals surface area contributed by atoms with Crippen LogP contribution in [-0.4, -0.2) is 29.0 Å². The molecule has 0 spiro atoms. The van der Waals surface area contributed by atoms with Gasteiger partial charge in [-0.2, -0.15) is 5.10 Å². The Labute approximate surface area is 69.4 Å². The van der Waals surface area contributed by atoms with Crippen molar-refractivity contribution in [2.24, 2.45) is 0 Å². The first-order valence-corrected chi connectivity index (χ1v) is 3.45. The molecule has 0 atom stereocenters. The molecule has 0 aliphatic carbocycles. The number of aldehydes is 1. The summed E-state index contributed by atoms with van der Waals surface area (Å²) in [4.78, 5) is 21.0. The lowest BCUT2D eigenvalue weighted by molar-refractivity contribution is -0.121. The molecule has 0 unspecified atom stereocenters. The summed E-state index contributed by atoms with van der Waals surface area (Å²) in [6.07, 6.45) is 2.22. The van der Waals surface area contributed by atoms with Crippen molar-refractivity contribution >= 4 is 12.2 Å². The van der Waals surface area contributed by atoms with Crippen molar-refractivity contribution in [1.82, 2.24) is 15.1 Å². The molecule has 1 N–H and O–H groups in total. The maximum Gasteiger partial charge on any atom is 0.241 e. The van der Waals surface area contributed by atoms with Gasteiger partial charge in [-0.1, -0.05) is 0 Å². The lowest BCUT2D eigenvalue weighted by atomic mass is 10.5. The number of nitrogens with zero attached hydrogens (tertiary/aromatic N) is 2. The minimum atomic E-state index is -0.143. The van der Waals surface area contributed by atoms with Crippen molar-refractivity contribution in [3.63, 3.8) is 0 Å². The number of hydrogen-bond acceptors (Lipinski definition) is 3. The van der Waals surface area contributed by atoms with E-state index in [1.807, 2.05) is 0 Å². The van der Waals surface area contributed by atoms with Gasteiger partial charge in [0.05, 0.1) is 0 Å². The van der Waals surface area contributed by atoms with Gasteiger partial charge in [0.15, 0.2) is 6.29 Å². The van der Waals surface area contributed by atoms with Crippen LogP contribution in [0.2, 0.25) is 0 Å². The van der Waals surface area contributed by atoms with E-state index in [1.165, 1.54) is 4.68 Å². The Morgan fingerprint density at radius 1 is 1.83 bits per heavy atom. The minimum absolute atomic E-state index is 0.143. The fourth-order valence-electron chi connectivity index (χ4n) is 0.754. The van der Waals surface area contributed by atoms with Gasteiger partial charge in [-0.15, -0.1) is 0 Å². The van der Waals surface area contributed by atoms with Crippen molar-refractivity contribution in [3.05, 3.63) is 18.0 Å². The summed E-state index contributed by atoms with van der Waals surface area (Å²) in [5.41, 5.74) is 0.332. The van der Waals surface area contributed by atoms with Gasteiger partial charge in [0.2, 0.25) is 5.91 Å². The monoisotopic (exact) mass is 167 g/mol. The van der Waals surface area contributed by atoms with Crippen LogP contribution in [0.4, 0.5) is 0 Å². The maximum absolute atomic E-state index is 10.8. The molecule has 12 heavy (non-hydrogen) atoms. The summed E-state index contributed by atoms with van der Waals surface area (Å²) in [7, 11) is 1.55. The lowest BCUT2D eigenvalue weighted by Gasteiger charge is -1.98. The fraction of sp³-hybridized carbons (Fsp3) is 0.286. The molecule has 1 heterocycles. The zero-order valence-electron chi connectivity index (χ0n) is 6.65. The summed E-state index contributed by atoms with van der Waals surface area (Å²) >= 11 is 0. The first kappa shape index (κ1) is 8.45. The van der Waals surface area contributed by atoms with E-state index in [1.54, 1.807) is 19.3 Å². The van der Waals surface area contributed by atoms with Gasteiger partial charge < -0.3 is 5.32 Å². The number of nitrogens with one attached hydrogen (secondary N) is 1. The molecule has 0 aromatic carbocycles. The average molecular weight is 167 g/mol. The maximum atomic E-state index is 10.8. The van der Waals surface area contributed by atoms with Gasteiger partial charge in [0.1, 0.15) is 12.2 Å². The van der Waals surface area contributed by atoms with Crippen molar-refractivity contribution in [1.29, 1.82) is 0 Å². The molecule has 1 aromatic heterocycles. The first-order valence-electron chi connectivity index (χ1n) is 3.45. The zero-order valence-corrected chi connectivity index (χ0v) is 6.65. The van der Waals surface area contributed by atoms with Crippen LogP contribution in [0.15, 0.2) is 12.3 Å². The van der Waals surface area contributed by atoms with Gasteiger partial charge in [-0.3, -0.25) is 14.3 Å². The second-order valence-electron chi connectivity index (χ2n) is 2.23. The number of rotatable bonds is 3. The Kier molecular flexibility index (Phi) is 2.57. The Balaban J connectivity index is 2.63. The molecule has 5 nitrogen and oxygen atoms in total. The van der Waals surface area contributed by atoms with Crippen LogP contribution < -0.4 is 5.32 Å². The predicted molar refractivity (Wildman–Crippen MR) is 41.7 cm³/mol. The van der Waals surface area contributed by atoms with E-state index in [4.69, 9.17) is 0 Å². The Bertz CT molecular complexity index is 293.